The largest absolute Gasteiger partial charge is 0.283 e. The molecule has 0 unspecified atom stereocenters. The molecule has 9 nitrogen and oxygen atoms in total. The van der Waals surface area contributed by atoms with Gasteiger partial charge in [-0.25, -0.2) is 8.42 Å². The van der Waals surface area contributed by atoms with Crippen LogP contribution in [0.4, 0.5) is 0 Å². The van der Waals surface area contributed by atoms with Gasteiger partial charge in [0.25, 0.3) is 0 Å². The molecule has 1 spiro atoms. The summed E-state index contributed by atoms with van der Waals surface area (Å²) >= 11 is 0.997. The van der Waals surface area contributed by atoms with Crippen molar-refractivity contribution in [2.45, 2.75) is 43.4 Å². The first-order chi connectivity index (χ1) is 14.9. The second-order valence-electron chi connectivity index (χ2n) is 8.70. The van der Waals surface area contributed by atoms with Crippen molar-refractivity contribution in [2.24, 2.45) is 5.41 Å². The number of imide groups is 1. The molecule has 3 heterocycles. The summed E-state index contributed by atoms with van der Waals surface area (Å²) in [6, 6.07) is 4.99. The van der Waals surface area contributed by atoms with E-state index in [0.29, 0.717) is 43.6 Å². The molecule has 31 heavy (non-hydrogen) atoms. The number of carbonyl (C=O) groups excluding carboxylic acids is 2. The maximum atomic E-state index is 13.2. The summed E-state index contributed by atoms with van der Waals surface area (Å²) in [5, 5.41) is 0. The first-order valence-corrected chi connectivity index (χ1v) is 12.9. The van der Waals surface area contributed by atoms with E-state index < -0.39 is 15.4 Å². The number of benzene rings is 1. The van der Waals surface area contributed by atoms with E-state index in [2.05, 4.69) is 8.75 Å². The summed E-state index contributed by atoms with van der Waals surface area (Å²) < 4.78 is 36.1. The average Bonchev–Trinajstić information content (AvgIpc) is 3.34. The van der Waals surface area contributed by atoms with E-state index in [0.717, 1.165) is 43.8 Å². The van der Waals surface area contributed by atoms with Crippen LogP contribution >= 0.6 is 11.7 Å². The van der Waals surface area contributed by atoms with E-state index in [1.54, 1.807) is 18.2 Å². The molecule has 11 heteroatoms. The predicted octanol–water partition coefficient (Wildman–Crippen LogP) is 1.66. The number of fused-ring (bicyclic) bond motifs is 1. The van der Waals surface area contributed by atoms with Gasteiger partial charge in [-0.2, -0.15) is 13.1 Å². The summed E-state index contributed by atoms with van der Waals surface area (Å²) in [6.07, 6.45) is 5.07. The van der Waals surface area contributed by atoms with E-state index in [9.17, 15) is 18.0 Å². The van der Waals surface area contributed by atoms with Gasteiger partial charge < -0.3 is 0 Å². The number of amides is 2. The lowest BCUT2D eigenvalue weighted by molar-refractivity contribution is -0.145. The highest BCUT2D eigenvalue weighted by atomic mass is 32.2. The molecule has 3 aliphatic rings. The summed E-state index contributed by atoms with van der Waals surface area (Å²) in [5.41, 5.74) is 0.495. The zero-order valence-corrected chi connectivity index (χ0v) is 18.8. The maximum absolute atomic E-state index is 13.2. The molecule has 1 saturated carbocycles. The molecule has 2 saturated heterocycles. The molecule has 0 atom stereocenters. The fourth-order valence-corrected chi connectivity index (χ4v) is 7.24. The summed E-state index contributed by atoms with van der Waals surface area (Å²) in [4.78, 5) is 29.2. The molecule has 5 rings (SSSR count). The van der Waals surface area contributed by atoms with Crippen LogP contribution in [0.5, 0.6) is 0 Å². The third kappa shape index (κ3) is 3.57. The Bertz CT molecular complexity index is 1120. The molecule has 1 aliphatic carbocycles. The van der Waals surface area contributed by atoms with Crippen molar-refractivity contribution in [2.75, 3.05) is 32.8 Å². The Labute approximate surface area is 185 Å². The van der Waals surface area contributed by atoms with Crippen LogP contribution < -0.4 is 0 Å². The normalized spacial score (nSPS) is 23.3. The molecule has 2 amide bonds. The number of rotatable bonds is 4. The number of piperazine rings is 1. The molecule has 3 fully saturated rings. The van der Waals surface area contributed by atoms with Crippen LogP contribution in [0, 0.1) is 5.41 Å². The highest BCUT2D eigenvalue weighted by Crippen LogP contribution is 2.45. The van der Waals surface area contributed by atoms with Gasteiger partial charge >= 0.3 is 0 Å². The highest BCUT2D eigenvalue weighted by molar-refractivity contribution is 7.89. The van der Waals surface area contributed by atoms with Gasteiger partial charge in [-0.15, -0.1) is 0 Å². The van der Waals surface area contributed by atoms with Crippen LogP contribution in [0.2, 0.25) is 0 Å². The van der Waals surface area contributed by atoms with Crippen LogP contribution in [-0.4, -0.2) is 75.9 Å². The van der Waals surface area contributed by atoms with Crippen molar-refractivity contribution in [3.8, 4) is 0 Å². The van der Waals surface area contributed by atoms with E-state index in [-0.39, 0.29) is 23.4 Å². The smallest absolute Gasteiger partial charge is 0.245 e. The third-order valence-electron chi connectivity index (χ3n) is 6.84. The molecule has 2 aromatic rings. The monoisotopic (exact) mass is 463 g/mol. The number of carbonyl (C=O) groups is 2. The Balaban J connectivity index is 1.25. The number of aromatic nitrogens is 2. The lowest BCUT2D eigenvalue weighted by Gasteiger charge is -2.36. The summed E-state index contributed by atoms with van der Waals surface area (Å²) in [6.45, 7) is 1.79. The fourth-order valence-electron chi connectivity index (χ4n) is 5.06. The van der Waals surface area contributed by atoms with E-state index >= 15 is 0 Å². The first-order valence-electron chi connectivity index (χ1n) is 10.7. The van der Waals surface area contributed by atoms with E-state index in [1.807, 2.05) is 4.90 Å². The molecular formula is C20H25N5O4S2. The van der Waals surface area contributed by atoms with Crippen molar-refractivity contribution in [3.63, 3.8) is 0 Å². The number of hydrogen-bond acceptors (Lipinski definition) is 8. The van der Waals surface area contributed by atoms with Crippen molar-refractivity contribution in [3.05, 3.63) is 18.2 Å². The second-order valence-corrected chi connectivity index (χ2v) is 11.1. The van der Waals surface area contributed by atoms with Crippen LogP contribution in [0.1, 0.15) is 38.5 Å². The minimum Gasteiger partial charge on any atom is -0.283 e. The van der Waals surface area contributed by atoms with E-state index in [1.165, 1.54) is 9.21 Å². The van der Waals surface area contributed by atoms with Crippen molar-refractivity contribution < 1.29 is 18.0 Å². The minimum absolute atomic E-state index is 0.0324. The van der Waals surface area contributed by atoms with Gasteiger partial charge in [0.05, 0.1) is 23.8 Å². The first kappa shape index (κ1) is 20.9. The number of likely N-dealkylation sites (tertiary alicyclic amines) is 1. The summed E-state index contributed by atoms with van der Waals surface area (Å²) in [7, 11) is -3.69. The van der Waals surface area contributed by atoms with Crippen LogP contribution in [-0.2, 0) is 19.6 Å². The lowest BCUT2D eigenvalue weighted by Crippen LogP contribution is -2.52. The minimum atomic E-state index is -3.69. The van der Waals surface area contributed by atoms with Crippen LogP contribution in [0.25, 0.3) is 11.0 Å². The van der Waals surface area contributed by atoms with Crippen molar-refractivity contribution in [1.29, 1.82) is 0 Å². The number of nitrogens with zero attached hydrogens (tertiary/aromatic N) is 5. The Hall–Kier alpha value is -1.95. The molecule has 0 N–H and O–H groups in total. The molecular weight excluding hydrogens is 438 g/mol. The average molecular weight is 464 g/mol. The predicted molar refractivity (Wildman–Crippen MR) is 115 cm³/mol. The molecule has 1 aromatic heterocycles. The third-order valence-corrected chi connectivity index (χ3v) is 9.31. The van der Waals surface area contributed by atoms with Gasteiger partial charge in [-0.05, 0) is 25.0 Å². The second kappa shape index (κ2) is 7.88. The maximum Gasteiger partial charge on any atom is 0.245 e. The lowest BCUT2D eigenvalue weighted by atomic mass is 9.73. The quantitative estimate of drug-likeness (QED) is 0.635. The Kier molecular flexibility index (Phi) is 5.32. The fraction of sp³-hybridized carbons (Fsp3) is 0.600. The van der Waals surface area contributed by atoms with Gasteiger partial charge in [0.1, 0.15) is 15.9 Å². The topological polar surface area (TPSA) is 104 Å². The van der Waals surface area contributed by atoms with Crippen molar-refractivity contribution >= 4 is 44.6 Å². The molecule has 166 valence electrons. The Morgan fingerprint density at radius 2 is 1.74 bits per heavy atom. The van der Waals surface area contributed by atoms with Gasteiger partial charge in [0.15, 0.2) is 0 Å². The van der Waals surface area contributed by atoms with Gasteiger partial charge in [0.2, 0.25) is 21.8 Å². The summed E-state index contributed by atoms with van der Waals surface area (Å²) in [5.74, 6) is -0.125. The zero-order chi connectivity index (χ0) is 21.6. The standard InChI is InChI=1S/C20H25N5O4S2/c26-17-13-20(7-2-1-3-8-20)19(27)25(17)14-23-9-11-24(12-10-23)31(28,29)16-6-4-5-15-18(16)22-30-21-15/h4-6H,1-3,7-14H2. The van der Waals surface area contributed by atoms with Gasteiger partial charge in [-0.1, -0.05) is 25.3 Å². The van der Waals surface area contributed by atoms with Gasteiger partial charge in [-0.3, -0.25) is 19.4 Å². The van der Waals surface area contributed by atoms with Gasteiger partial charge in [0, 0.05) is 32.6 Å². The molecule has 0 radical (unpaired) electrons. The Morgan fingerprint density at radius 3 is 2.48 bits per heavy atom. The zero-order valence-electron chi connectivity index (χ0n) is 17.2. The highest BCUT2D eigenvalue weighted by Gasteiger charge is 2.51. The number of hydrogen-bond donors (Lipinski definition) is 0. The van der Waals surface area contributed by atoms with Crippen LogP contribution in [0.15, 0.2) is 23.1 Å². The number of sulfonamides is 1. The Morgan fingerprint density at radius 1 is 1.00 bits per heavy atom. The van der Waals surface area contributed by atoms with E-state index in [4.69, 9.17) is 0 Å². The molecule has 0 bridgehead atoms. The SMILES string of the molecule is O=C1CC2(CCCCC2)C(=O)N1CN1CCN(S(=O)(=O)c2cccc3nsnc23)CC1. The van der Waals surface area contributed by atoms with Crippen LogP contribution in [0.3, 0.4) is 0 Å². The molecule has 2 aliphatic heterocycles. The molecule has 1 aromatic carbocycles. The van der Waals surface area contributed by atoms with Crippen molar-refractivity contribution in [1.82, 2.24) is 22.9 Å².